The van der Waals surface area contributed by atoms with Crippen LogP contribution in [0.3, 0.4) is 0 Å². The van der Waals surface area contributed by atoms with E-state index in [9.17, 15) is 9.90 Å². The normalized spacial score (nSPS) is 13.3. The van der Waals surface area contributed by atoms with E-state index in [0.717, 1.165) is 29.8 Å². The van der Waals surface area contributed by atoms with Crippen molar-refractivity contribution in [2.75, 3.05) is 11.4 Å². The van der Waals surface area contributed by atoms with E-state index in [1.54, 1.807) is 24.3 Å². The number of aromatic hydroxyl groups is 1. The van der Waals surface area contributed by atoms with E-state index in [1.165, 1.54) is 0 Å². The minimum absolute atomic E-state index is 0.304. The molecule has 0 aliphatic carbocycles. The van der Waals surface area contributed by atoms with Crippen LogP contribution < -0.4 is 4.90 Å². The van der Waals surface area contributed by atoms with Crippen molar-refractivity contribution in [2.24, 2.45) is 0 Å². The van der Waals surface area contributed by atoms with Gasteiger partial charge in [-0.05, 0) is 36.2 Å². The molecule has 0 atom stereocenters. The Morgan fingerprint density at radius 1 is 1.20 bits per heavy atom. The van der Waals surface area contributed by atoms with Crippen molar-refractivity contribution in [2.45, 2.75) is 13.0 Å². The molecule has 0 bridgehead atoms. The Bertz CT molecular complexity index is 667. The second-order valence-corrected chi connectivity index (χ2v) is 4.95. The number of hydrogen-bond donors (Lipinski definition) is 2. The molecule has 2 N–H and O–H groups in total. The standard InChI is InChI=1S/C16H15NO3/c18-15-6-2-5-14-13(15)7-8-17(14)10-11-3-1-4-12(9-11)16(19)20/h1-6,9,18H,7-8,10H2,(H,19,20). The number of phenols is 1. The van der Waals surface area contributed by atoms with E-state index >= 15 is 0 Å². The molecule has 0 saturated carbocycles. The van der Waals surface area contributed by atoms with Crippen LogP contribution in [-0.4, -0.2) is 22.7 Å². The lowest BCUT2D eigenvalue weighted by atomic mass is 10.1. The molecule has 0 unspecified atom stereocenters. The second-order valence-electron chi connectivity index (χ2n) is 4.95. The molecule has 0 amide bonds. The third kappa shape index (κ3) is 2.20. The first kappa shape index (κ1) is 12.5. The number of anilines is 1. The van der Waals surface area contributed by atoms with Crippen molar-refractivity contribution in [3.8, 4) is 5.75 Å². The second kappa shape index (κ2) is 4.89. The van der Waals surface area contributed by atoms with Gasteiger partial charge >= 0.3 is 5.97 Å². The van der Waals surface area contributed by atoms with Crippen LogP contribution in [0.2, 0.25) is 0 Å². The average molecular weight is 269 g/mol. The summed E-state index contributed by atoms with van der Waals surface area (Å²) in [4.78, 5) is 13.1. The number of carbonyl (C=O) groups is 1. The maximum Gasteiger partial charge on any atom is 0.335 e. The van der Waals surface area contributed by atoms with E-state index in [-0.39, 0.29) is 0 Å². The molecule has 0 spiro atoms. The summed E-state index contributed by atoms with van der Waals surface area (Å²) in [5, 5.41) is 18.8. The molecule has 4 heteroatoms. The lowest BCUT2D eigenvalue weighted by Crippen LogP contribution is -2.19. The Kier molecular flexibility index (Phi) is 3.06. The Morgan fingerprint density at radius 2 is 2.00 bits per heavy atom. The highest BCUT2D eigenvalue weighted by molar-refractivity contribution is 5.87. The van der Waals surface area contributed by atoms with Crippen LogP contribution in [0.5, 0.6) is 5.75 Å². The first-order valence-corrected chi connectivity index (χ1v) is 6.53. The van der Waals surface area contributed by atoms with Crippen LogP contribution in [0.4, 0.5) is 5.69 Å². The van der Waals surface area contributed by atoms with E-state index < -0.39 is 5.97 Å². The van der Waals surface area contributed by atoms with Gasteiger partial charge < -0.3 is 15.1 Å². The van der Waals surface area contributed by atoms with Gasteiger partial charge in [-0.1, -0.05) is 18.2 Å². The van der Waals surface area contributed by atoms with Gasteiger partial charge in [0.1, 0.15) is 5.75 Å². The number of phenolic OH excluding ortho intramolecular Hbond substituents is 1. The molecule has 2 aromatic rings. The third-order valence-corrected chi connectivity index (χ3v) is 3.65. The van der Waals surface area contributed by atoms with Crippen LogP contribution in [0.1, 0.15) is 21.5 Å². The number of benzene rings is 2. The summed E-state index contributed by atoms with van der Waals surface area (Å²) in [7, 11) is 0. The minimum Gasteiger partial charge on any atom is -0.508 e. The molecule has 0 radical (unpaired) electrons. The van der Waals surface area contributed by atoms with E-state index in [2.05, 4.69) is 4.90 Å². The first-order valence-electron chi connectivity index (χ1n) is 6.53. The molecule has 3 rings (SSSR count). The average Bonchev–Trinajstić information content (AvgIpc) is 2.84. The molecule has 2 aromatic carbocycles. The fourth-order valence-electron chi connectivity index (χ4n) is 2.67. The van der Waals surface area contributed by atoms with Crippen LogP contribution in [0.15, 0.2) is 42.5 Å². The third-order valence-electron chi connectivity index (χ3n) is 3.65. The largest absolute Gasteiger partial charge is 0.508 e. The smallest absolute Gasteiger partial charge is 0.335 e. The molecular weight excluding hydrogens is 254 g/mol. The van der Waals surface area contributed by atoms with Gasteiger partial charge in [-0.25, -0.2) is 4.79 Å². The van der Waals surface area contributed by atoms with Crippen LogP contribution in [-0.2, 0) is 13.0 Å². The maximum absolute atomic E-state index is 11.0. The number of nitrogens with zero attached hydrogens (tertiary/aromatic N) is 1. The molecular formula is C16H15NO3. The molecule has 1 aliphatic heterocycles. The molecule has 4 nitrogen and oxygen atoms in total. The molecule has 0 fully saturated rings. The van der Waals surface area contributed by atoms with Crippen molar-refractivity contribution >= 4 is 11.7 Å². The SMILES string of the molecule is O=C(O)c1cccc(CN2CCc3c(O)cccc32)c1. The lowest BCUT2D eigenvalue weighted by Gasteiger charge is -2.19. The van der Waals surface area contributed by atoms with E-state index in [0.29, 0.717) is 17.9 Å². The van der Waals surface area contributed by atoms with Crippen molar-refractivity contribution in [1.82, 2.24) is 0 Å². The number of carboxylic acid groups (broad SMARTS) is 1. The highest BCUT2D eigenvalue weighted by Gasteiger charge is 2.21. The lowest BCUT2D eigenvalue weighted by molar-refractivity contribution is 0.0696. The van der Waals surface area contributed by atoms with Crippen molar-refractivity contribution < 1.29 is 15.0 Å². The van der Waals surface area contributed by atoms with Gasteiger partial charge in [0, 0.05) is 24.3 Å². The molecule has 0 aromatic heterocycles. The minimum atomic E-state index is -0.911. The van der Waals surface area contributed by atoms with Gasteiger partial charge in [-0.2, -0.15) is 0 Å². The molecule has 1 aliphatic rings. The Balaban J connectivity index is 1.86. The monoisotopic (exact) mass is 269 g/mol. The van der Waals surface area contributed by atoms with E-state index in [1.807, 2.05) is 18.2 Å². The van der Waals surface area contributed by atoms with Crippen LogP contribution in [0, 0.1) is 0 Å². The van der Waals surface area contributed by atoms with Crippen molar-refractivity contribution in [1.29, 1.82) is 0 Å². The zero-order valence-electron chi connectivity index (χ0n) is 10.9. The summed E-state index contributed by atoms with van der Waals surface area (Å²) >= 11 is 0. The quantitative estimate of drug-likeness (QED) is 0.899. The summed E-state index contributed by atoms with van der Waals surface area (Å²) in [6.45, 7) is 1.49. The zero-order valence-corrected chi connectivity index (χ0v) is 10.9. The topological polar surface area (TPSA) is 60.8 Å². The Labute approximate surface area is 116 Å². The summed E-state index contributed by atoms with van der Waals surface area (Å²) in [6, 6.07) is 12.5. The van der Waals surface area contributed by atoms with Gasteiger partial charge in [0.2, 0.25) is 0 Å². The predicted molar refractivity (Wildman–Crippen MR) is 76.3 cm³/mol. The number of fused-ring (bicyclic) bond motifs is 1. The van der Waals surface area contributed by atoms with E-state index in [4.69, 9.17) is 5.11 Å². The fourth-order valence-corrected chi connectivity index (χ4v) is 2.67. The molecule has 1 heterocycles. The van der Waals surface area contributed by atoms with Gasteiger partial charge in [-0.15, -0.1) is 0 Å². The Hall–Kier alpha value is -2.49. The number of rotatable bonds is 3. The van der Waals surface area contributed by atoms with Crippen molar-refractivity contribution in [3.63, 3.8) is 0 Å². The highest BCUT2D eigenvalue weighted by atomic mass is 16.4. The predicted octanol–water partition coefficient (Wildman–Crippen LogP) is 2.65. The van der Waals surface area contributed by atoms with Crippen molar-refractivity contribution in [3.05, 3.63) is 59.2 Å². The number of aromatic carboxylic acids is 1. The highest BCUT2D eigenvalue weighted by Crippen LogP contribution is 2.35. The summed E-state index contributed by atoms with van der Waals surface area (Å²) < 4.78 is 0. The van der Waals surface area contributed by atoms with Gasteiger partial charge in [0.15, 0.2) is 0 Å². The molecule has 0 saturated heterocycles. The zero-order chi connectivity index (χ0) is 14.1. The van der Waals surface area contributed by atoms with Gasteiger partial charge in [0.25, 0.3) is 0 Å². The summed E-state index contributed by atoms with van der Waals surface area (Å²) in [6.07, 6.45) is 0.820. The van der Waals surface area contributed by atoms with Crippen LogP contribution >= 0.6 is 0 Å². The Morgan fingerprint density at radius 3 is 2.80 bits per heavy atom. The number of hydrogen-bond acceptors (Lipinski definition) is 3. The van der Waals surface area contributed by atoms with Gasteiger partial charge in [0.05, 0.1) is 5.56 Å². The first-order chi connectivity index (χ1) is 9.65. The number of carboxylic acids is 1. The summed E-state index contributed by atoms with van der Waals surface area (Å²) in [5.41, 5.74) is 3.27. The fraction of sp³-hybridized carbons (Fsp3) is 0.188. The molecule has 102 valence electrons. The summed E-state index contributed by atoms with van der Waals surface area (Å²) in [5.74, 6) is -0.574. The maximum atomic E-state index is 11.0. The molecule has 20 heavy (non-hydrogen) atoms. The van der Waals surface area contributed by atoms with Gasteiger partial charge in [-0.3, -0.25) is 0 Å². The van der Waals surface area contributed by atoms with Crippen LogP contribution in [0.25, 0.3) is 0 Å².